The third-order valence-electron chi connectivity index (χ3n) is 1.85. The van der Waals surface area contributed by atoms with Gasteiger partial charge in [-0.2, -0.15) is 0 Å². The monoisotopic (exact) mass is 353 g/mol. The first-order valence-corrected chi connectivity index (χ1v) is 15.2. The van der Waals surface area contributed by atoms with Gasteiger partial charge in [0.05, 0.1) is 0 Å². The van der Waals surface area contributed by atoms with Gasteiger partial charge < -0.3 is 24.8 Å². The van der Waals surface area contributed by atoms with Crippen LogP contribution in [0.4, 0.5) is 0 Å². The first-order valence-electron chi connectivity index (χ1n) is 5.18. The van der Waals surface area contributed by atoms with Crippen molar-refractivity contribution in [1.29, 1.82) is 0 Å². The Kier molecular flexibility index (Phi) is 21.4. The van der Waals surface area contributed by atoms with Gasteiger partial charge in [0.25, 0.3) is 0 Å². The van der Waals surface area contributed by atoms with Crippen LogP contribution in [0.15, 0.2) is 44.0 Å². The van der Waals surface area contributed by atoms with E-state index in [0.717, 1.165) is 0 Å². The fourth-order valence-electron chi connectivity index (χ4n) is 0.996. The molecule has 0 atom stereocenters. The van der Waals surface area contributed by atoms with Crippen LogP contribution in [-0.2, 0) is 20.9 Å². The van der Waals surface area contributed by atoms with Gasteiger partial charge in [-0.3, -0.25) is 0 Å². The van der Waals surface area contributed by atoms with Gasteiger partial charge in [-0.1, -0.05) is 0 Å². The van der Waals surface area contributed by atoms with Crippen molar-refractivity contribution in [3.8, 4) is 0 Å². The molecular formula is C12H21Cl2SiZr. The molecular weight excluding hydrogens is 334 g/mol. The maximum Gasteiger partial charge on any atom is -1.00 e. The zero-order valence-corrected chi connectivity index (χ0v) is 15.6. The number of allylic oxidation sites excluding steroid dienone is 6. The van der Waals surface area contributed by atoms with Gasteiger partial charge in [-0.05, 0) is 0 Å². The second-order valence-electron chi connectivity index (χ2n) is 3.42. The zero-order chi connectivity index (χ0) is 10.8. The summed E-state index contributed by atoms with van der Waals surface area (Å²) in [7, 11) is 0. The van der Waals surface area contributed by atoms with Crippen molar-refractivity contribution in [2.45, 2.75) is 26.9 Å². The van der Waals surface area contributed by atoms with Crippen molar-refractivity contribution < 1.29 is 45.7 Å². The third-order valence-corrected chi connectivity index (χ3v) is 18.1. The Hall–Kier alpha value is 0.640. The van der Waals surface area contributed by atoms with E-state index in [4.69, 9.17) is 0 Å². The molecule has 0 heterocycles. The molecule has 0 saturated heterocycles. The summed E-state index contributed by atoms with van der Waals surface area (Å²) in [5, 5.41) is 0. The van der Waals surface area contributed by atoms with Gasteiger partial charge in [0.15, 0.2) is 0 Å². The van der Waals surface area contributed by atoms with Gasteiger partial charge in [0, 0.05) is 0 Å². The summed E-state index contributed by atoms with van der Waals surface area (Å²) < 4.78 is 5.00. The Morgan fingerprint density at radius 2 is 1.12 bits per heavy atom. The van der Waals surface area contributed by atoms with Gasteiger partial charge in [0.1, 0.15) is 0 Å². The second kappa shape index (κ2) is 15.6. The zero-order valence-electron chi connectivity index (χ0n) is 10.5. The summed E-state index contributed by atoms with van der Waals surface area (Å²) in [4.78, 5) is 0. The third kappa shape index (κ3) is 12.7. The summed E-state index contributed by atoms with van der Waals surface area (Å²) >= 11 is -1.26. The van der Waals surface area contributed by atoms with E-state index in [2.05, 4.69) is 71.0 Å². The smallest absolute Gasteiger partial charge is 1.00 e. The summed E-state index contributed by atoms with van der Waals surface area (Å²) in [6.07, 6.45) is 12.9. The summed E-state index contributed by atoms with van der Waals surface area (Å²) in [5.41, 5.74) is 0. The molecule has 0 aliphatic rings. The molecule has 0 N–H and O–H groups in total. The molecule has 0 aliphatic carbocycles. The normalized spacial score (nSPS) is 11.6. The number of hydrogen-bond donors (Lipinski definition) is 0. The van der Waals surface area contributed by atoms with Gasteiger partial charge in [0.2, 0.25) is 0 Å². The molecule has 0 aromatic carbocycles. The fourth-order valence-corrected chi connectivity index (χ4v) is 10.7. The van der Waals surface area contributed by atoms with E-state index < -0.39 is 26.8 Å². The first kappa shape index (κ1) is 21.9. The largest absolute Gasteiger partial charge is 1.00 e. The van der Waals surface area contributed by atoms with Crippen molar-refractivity contribution >= 4 is 5.92 Å². The molecule has 0 saturated carbocycles. The van der Waals surface area contributed by atoms with Crippen LogP contribution in [0.5, 0.6) is 0 Å². The summed E-state index contributed by atoms with van der Waals surface area (Å²) in [6, 6.07) is 0. The van der Waals surface area contributed by atoms with E-state index in [-0.39, 0.29) is 24.8 Å². The average molecular weight is 356 g/mol. The predicted molar refractivity (Wildman–Crippen MR) is 66.8 cm³/mol. The van der Waals surface area contributed by atoms with Crippen LogP contribution in [-0.4, -0.2) is 5.92 Å². The van der Waals surface area contributed by atoms with Gasteiger partial charge in [-0.25, -0.2) is 0 Å². The molecule has 0 fully saturated rings. The van der Waals surface area contributed by atoms with Crippen molar-refractivity contribution in [2.24, 2.45) is 0 Å². The topological polar surface area (TPSA) is 0 Å². The minimum atomic E-state index is -1.26. The minimum absolute atomic E-state index is 0. The molecule has 0 aromatic rings. The molecule has 0 spiro atoms. The summed E-state index contributed by atoms with van der Waals surface area (Å²) in [5.74, 6) is -0.416. The Labute approximate surface area is 122 Å². The molecule has 16 heavy (non-hydrogen) atoms. The van der Waals surface area contributed by atoms with Crippen molar-refractivity contribution in [3.05, 3.63) is 44.0 Å². The Morgan fingerprint density at radius 3 is 1.38 bits per heavy atom. The number of hydrogen-bond acceptors (Lipinski definition) is 0. The van der Waals surface area contributed by atoms with Crippen LogP contribution in [0.3, 0.4) is 0 Å². The Morgan fingerprint density at radius 1 is 0.750 bits per heavy atom. The summed E-state index contributed by atoms with van der Waals surface area (Å²) in [6.45, 7) is 9.06. The standard InChI is InChI=1S/2C5H7.C2H7Si.2ClH.Zr/c2*1-3-5-4-2;1-3-2;;;/h2*1,3-5H,2H3;3H,1-2H3;2*1H;/q;;;;;+2/p-2. The van der Waals surface area contributed by atoms with E-state index in [1.165, 1.54) is 0 Å². The number of rotatable bonds is 5. The van der Waals surface area contributed by atoms with E-state index in [9.17, 15) is 0 Å². The molecule has 91 valence electrons. The van der Waals surface area contributed by atoms with Crippen LogP contribution in [0.1, 0.15) is 13.8 Å². The van der Waals surface area contributed by atoms with Crippen molar-refractivity contribution in [2.75, 3.05) is 0 Å². The van der Waals surface area contributed by atoms with E-state index in [1.54, 1.807) is 0 Å². The van der Waals surface area contributed by atoms with Crippen LogP contribution in [0, 0.1) is 0 Å². The quantitative estimate of drug-likeness (QED) is 0.387. The molecule has 0 rings (SSSR count). The van der Waals surface area contributed by atoms with Gasteiger partial charge >= 0.3 is 97.8 Å². The maximum atomic E-state index is 2.50. The SMILES string of the molecule is CC=CC=[CH][Zr+2]([CH]=CC=CC)[SiH](C)C.[Cl-].[Cl-]. The maximum absolute atomic E-state index is 2.50. The average Bonchev–Trinajstić information content (AvgIpc) is 2.15. The molecule has 0 aromatic heterocycles. The van der Waals surface area contributed by atoms with Crippen LogP contribution in [0.25, 0.3) is 0 Å². The Balaban J connectivity index is -0.000000845. The van der Waals surface area contributed by atoms with Crippen molar-refractivity contribution in [3.63, 3.8) is 0 Å². The van der Waals surface area contributed by atoms with Gasteiger partial charge in [-0.15, -0.1) is 0 Å². The molecule has 0 radical (unpaired) electrons. The predicted octanol–water partition coefficient (Wildman–Crippen LogP) is -2.22. The molecule has 0 amide bonds. The molecule has 4 heteroatoms. The minimum Gasteiger partial charge on any atom is -1.00 e. The van der Waals surface area contributed by atoms with E-state index >= 15 is 0 Å². The Bertz CT molecular complexity index is 223. The second-order valence-corrected chi connectivity index (χ2v) is 22.3. The fraction of sp³-hybridized carbons (Fsp3) is 0.333. The number of halogens is 2. The van der Waals surface area contributed by atoms with Crippen LogP contribution in [0.2, 0.25) is 13.1 Å². The van der Waals surface area contributed by atoms with Crippen molar-refractivity contribution in [1.82, 2.24) is 0 Å². The molecule has 0 nitrogen and oxygen atoms in total. The van der Waals surface area contributed by atoms with Crippen LogP contribution >= 0.6 is 0 Å². The molecule has 0 bridgehead atoms. The van der Waals surface area contributed by atoms with Crippen LogP contribution < -0.4 is 24.8 Å². The first-order chi connectivity index (χ1) is 6.72. The van der Waals surface area contributed by atoms with E-state index in [0.29, 0.717) is 0 Å². The molecule has 0 unspecified atom stereocenters. The van der Waals surface area contributed by atoms with E-state index in [1.807, 2.05) is 0 Å². The molecule has 0 aliphatic heterocycles.